The Kier molecular flexibility index (Phi) is 11.8. The zero-order valence-electron chi connectivity index (χ0n) is 26.1. The van der Waals surface area contributed by atoms with Crippen LogP contribution in [0.15, 0.2) is 28.2 Å². The third kappa shape index (κ3) is 7.62. The number of alkyl halides is 1. The number of carbonyl (C=O) groups is 3. The molecule has 4 rings (SSSR count). The van der Waals surface area contributed by atoms with Crippen molar-refractivity contribution >= 4 is 74.9 Å². The first-order valence-corrected chi connectivity index (χ1v) is 18.4. The van der Waals surface area contributed by atoms with Gasteiger partial charge in [0.15, 0.2) is 5.54 Å². The lowest BCUT2D eigenvalue weighted by Gasteiger charge is -2.40. The Balaban J connectivity index is 1.61. The predicted molar refractivity (Wildman–Crippen MR) is 182 cm³/mol. The van der Waals surface area contributed by atoms with Crippen LogP contribution in [0.5, 0.6) is 5.75 Å². The molecule has 0 amide bonds. The number of aryl methyl sites for hydroxylation is 1. The lowest BCUT2D eigenvalue weighted by atomic mass is 9.82. The molecular formula is C31H42ClN3O6S3. The number of benzene rings is 1. The van der Waals surface area contributed by atoms with Crippen LogP contribution in [0.25, 0.3) is 0 Å². The Morgan fingerprint density at radius 1 is 1.23 bits per heavy atom. The Bertz CT molecular complexity index is 1320. The van der Waals surface area contributed by atoms with E-state index in [-0.39, 0.29) is 29.3 Å². The van der Waals surface area contributed by atoms with Crippen molar-refractivity contribution in [2.75, 3.05) is 30.2 Å². The Labute approximate surface area is 277 Å². The highest BCUT2D eigenvalue weighted by atomic mass is 35.5. The molecule has 0 saturated carbocycles. The Morgan fingerprint density at radius 2 is 1.98 bits per heavy atom. The average molecular weight is 684 g/mol. The largest absolute Gasteiger partial charge is 0.479 e. The van der Waals surface area contributed by atoms with Crippen LogP contribution >= 0.6 is 46.9 Å². The number of aliphatic carboxylic acids is 1. The molecule has 0 radical (unpaired) electrons. The second kappa shape index (κ2) is 14.8. The van der Waals surface area contributed by atoms with Crippen LogP contribution in [-0.2, 0) is 25.5 Å². The first-order chi connectivity index (χ1) is 20.8. The van der Waals surface area contributed by atoms with Gasteiger partial charge in [-0.25, -0.2) is 4.79 Å². The second-order valence-electron chi connectivity index (χ2n) is 12.2. The molecule has 0 spiro atoms. The van der Waals surface area contributed by atoms with Crippen molar-refractivity contribution in [2.24, 2.45) is 15.4 Å². The van der Waals surface area contributed by atoms with E-state index >= 15 is 0 Å². The van der Waals surface area contributed by atoms with E-state index in [9.17, 15) is 19.5 Å². The maximum Gasteiger partial charge on any atom is 0.332 e. The van der Waals surface area contributed by atoms with Crippen molar-refractivity contribution < 1.29 is 29.0 Å². The lowest BCUT2D eigenvalue weighted by Crippen LogP contribution is -2.54. The zero-order valence-corrected chi connectivity index (χ0v) is 29.3. The molecule has 242 valence electrons. The molecule has 0 aromatic heterocycles. The van der Waals surface area contributed by atoms with Gasteiger partial charge >= 0.3 is 17.9 Å². The average Bonchev–Trinajstić information content (AvgIpc) is 3.71. The van der Waals surface area contributed by atoms with Crippen LogP contribution in [0.2, 0.25) is 0 Å². The van der Waals surface area contributed by atoms with E-state index in [0.29, 0.717) is 22.3 Å². The van der Waals surface area contributed by atoms with Gasteiger partial charge in [0.05, 0.1) is 33.5 Å². The number of carboxylic acids is 1. The third-order valence-corrected chi connectivity index (χ3v) is 12.7. The number of hydrogen-bond acceptors (Lipinski definition) is 11. The highest BCUT2D eigenvalue weighted by molar-refractivity contribution is 8.15. The van der Waals surface area contributed by atoms with Crippen molar-refractivity contribution in [3.8, 4) is 5.75 Å². The van der Waals surface area contributed by atoms with Gasteiger partial charge in [-0.2, -0.15) is 0 Å². The van der Waals surface area contributed by atoms with Gasteiger partial charge in [0.25, 0.3) is 0 Å². The molecule has 1 saturated heterocycles. The topological polar surface area (TPSA) is 118 Å². The summed E-state index contributed by atoms with van der Waals surface area (Å²) in [6, 6.07) is 5.65. The Morgan fingerprint density at radius 3 is 2.61 bits per heavy atom. The minimum absolute atomic E-state index is 0.0184. The van der Waals surface area contributed by atoms with Crippen LogP contribution < -0.4 is 4.74 Å². The van der Waals surface area contributed by atoms with Gasteiger partial charge in [0, 0.05) is 24.2 Å². The van der Waals surface area contributed by atoms with E-state index in [1.807, 2.05) is 33.0 Å². The number of unbranched alkanes of at least 4 members (excludes halogenated alkanes) is 2. The number of carbonyl (C=O) groups excluding carboxylic acids is 2. The number of likely N-dealkylation sites (N-methyl/N-ethyl adjacent to an activating group) is 1. The van der Waals surface area contributed by atoms with Crippen LogP contribution in [0.3, 0.4) is 0 Å². The molecule has 0 unspecified atom stereocenters. The number of thioether (sulfide) groups is 3. The standard InChI is InChI=1S/C31H42ClN3O6S3/c1-7-8-9-11-19-12-10-13-22(40-18(2)36)24(19)26-33-20(15-42-26)27-35(6)21(16-43-27)25(41-23(37)14-32)30(3,4)28-34-31(5,17-44-28)29(38)39/h10,12-13,20-21,25,27H,7-9,11,14-17H2,1-6H3,(H,38,39)/t20-,21+,25-,27-,31-/m1/s1. The van der Waals surface area contributed by atoms with Gasteiger partial charge in [-0.05, 0) is 38.4 Å². The van der Waals surface area contributed by atoms with Crippen LogP contribution in [0, 0.1) is 5.41 Å². The molecule has 0 bridgehead atoms. The fourth-order valence-corrected chi connectivity index (χ4v) is 10.0. The molecule has 3 aliphatic rings. The molecular weight excluding hydrogens is 642 g/mol. The molecule has 9 nitrogen and oxygen atoms in total. The molecule has 3 aliphatic heterocycles. The van der Waals surface area contributed by atoms with Crippen molar-refractivity contribution in [3.63, 3.8) is 0 Å². The quantitative estimate of drug-likeness (QED) is 0.119. The number of hydrogen-bond donors (Lipinski definition) is 1. The molecule has 1 fully saturated rings. The fourth-order valence-electron chi connectivity index (χ4n) is 5.75. The maximum absolute atomic E-state index is 12.6. The van der Waals surface area contributed by atoms with Crippen molar-refractivity contribution in [1.82, 2.24) is 4.90 Å². The summed E-state index contributed by atoms with van der Waals surface area (Å²) in [5, 5.41) is 11.3. The van der Waals surface area contributed by atoms with E-state index in [0.717, 1.165) is 47.6 Å². The summed E-state index contributed by atoms with van der Waals surface area (Å²) in [5.74, 6) is 0.184. The molecule has 1 aromatic rings. The fraction of sp³-hybridized carbons (Fsp3) is 0.645. The van der Waals surface area contributed by atoms with E-state index in [1.54, 1.807) is 30.4 Å². The normalized spacial score (nSPS) is 26.3. The molecule has 3 heterocycles. The summed E-state index contributed by atoms with van der Waals surface area (Å²) in [4.78, 5) is 48.5. The molecule has 0 aliphatic carbocycles. The number of nitrogens with zero attached hydrogens (tertiary/aromatic N) is 3. The van der Waals surface area contributed by atoms with E-state index in [4.69, 9.17) is 26.1 Å². The minimum Gasteiger partial charge on any atom is -0.479 e. The molecule has 13 heteroatoms. The third-order valence-electron chi connectivity index (χ3n) is 8.27. The summed E-state index contributed by atoms with van der Waals surface area (Å²) in [6.07, 6.45) is 3.56. The number of aliphatic imine (C=N–C) groups is 2. The number of rotatable bonds is 13. The summed E-state index contributed by atoms with van der Waals surface area (Å²) in [6.45, 7) is 9.12. The summed E-state index contributed by atoms with van der Waals surface area (Å²) in [7, 11) is 2.03. The van der Waals surface area contributed by atoms with Crippen molar-refractivity contribution in [3.05, 3.63) is 29.3 Å². The van der Waals surface area contributed by atoms with Gasteiger partial charge in [-0.15, -0.1) is 46.9 Å². The molecule has 44 heavy (non-hydrogen) atoms. The highest BCUT2D eigenvalue weighted by Gasteiger charge is 2.52. The van der Waals surface area contributed by atoms with Crippen LogP contribution in [0.1, 0.15) is 65.0 Å². The van der Waals surface area contributed by atoms with E-state index in [1.165, 1.54) is 18.7 Å². The number of ether oxygens (including phenoxy) is 2. The zero-order chi connectivity index (χ0) is 32.2. The van der Waals surface area contributed by atoms with Crippen molar-refractivity contribution in [1.29, 1.82) is 0 Å². The van der Waals surface area contributed by atoms with E-state index < -0.39 is 29.0 Å². The predicted octanol–water partition coefficient (Wildman–Crippen LogP) is 5.75. The van der Waals surface area contributed by atoms with Gasteiger partial charge in [0.1, 0.15) is 22.8 Å². The molecule has 1 N–H and O–H groups in total. The maximum atomic E-state index is 12.6. The van der Waals surface area contributed by atoms with Crippen LogP contribution in [-0.4, -0.2) is 97.3 Å². The SMILES string of the molecule is CCCCCc1cccc(OC(C)=O)c1C1=N[C@@H]([C@H]2SC[C@@H]([C@@H](OC(=O)CCl)C(C)(C)C3=N[C@@](C)(C(=O)O)CS3)N2C)CS1. The first-order valence-electron chi connectivity index (χ1n) is 14.9. The molecule has 5 atom stereocenters. The monoisotopic (exact) mass is 683 g/mol. The lowest BCUT2D eigenvalue weighted by molar-refractivity contribution is -0.153. The number of carboxylic acid groups (broad SMARTS) is 1. The van der Waals surface area contributed by atoms with Crippen molar-refractivity contribution in [2.45, 2.75) is 89.4 Å². The molecule has 1 aromatic carbocycles. The summed E-state index contributed by atoms with van der Waals surface area (Å²) >= 11 is 10.7. The number of halogens is 1. The van der Waals surface area contributed by atoms with Gasteiger partial charge in [-0.1, -0.05) is 45.7 Å². The number of esters is 2. The minimum atomic E-state index is -1.22. The van der Waals surface area contributed by atoms with Crippen LogP contribution in [0.4, 0.5) is 0 Å². The van der Waals surface area contributed by atoms with E-state index in [2.05, 4.69) is 22.9 Å². The smallest absolute Gasteiger partial charge is 0.332 e. The van der Waals surface area contributed by atoms with Gasteiger partial charge in [0.2, 0.25) is 0 Å². The highest BCUT2D eigenvalue weighted by Crippen LogP contribution is 2.45. The van der Waals surface area contributed by atoms with Gasteiger partial charge < -0.3 is 14.6 Å². The Hall–Kier alpha value is -1.73. The second-order valence-corrected chi connectivity index (χ2v) is 15.6. The first kappa shape index (κ1) is 35.1. The summed E-state index contributed by atoms with van der Waals surface area (Å²) in [5.41, 5.74) is 0.0679. The summed E-state index contributed by atoms with van der Waals surface area (Å²) < 4.78 is 11.7. The van der Waals surface area contributed by atoms with Gasteiger partial charge in [-0.3, -0.25) is 24.5 Å².